The molecule has 1 atom stereocenters. The van der Waals surface area contributed by atoms with Crippen molar-refractivity contribution in [2.75, 3.05) is 4.90 Å². The third-order valence-electron chi connectivity index (χ3n) is 6.79. The van der Waals surface area contributed by atoms with Crippen LogP contribution in [0.4, 0.5) is 5.82 Å². The third kappa shape index (κ3) is 3.82. The molecule has 0 amide bonds. The summed E-state index contributed by atoms with van der Waals surface area (Å²) in [4.78, 5) is 15.5. The molecule has 1 aliphatic carbocycles. The zero-order valence-corrected chi connectivity index (χ0v) is 20.6. The van der Waals surface area contributed by atoms with E-state index in [1.54, 1.807) is 0 Å². The Kier molecular flexibility index (Phi) is 5.53. The van der Waals surface area contributed by atoms with Gasteiger partial charge in [0.1, 0.15) is 5.82 Å². The molecule has 5 rings (SSSR count). The molecule has 0 fully saturated rings. The van der Waals surface area contributed by atoms with Gasteiger partial charge in [-0.3, -0.25) is 14.8 Å². The highest BCUT2D eigenvalue weighted by molar-refractivity contribution is 6.30. The molecule has 7 heteroatoms. The highest BCUT2D eigenvalue weighted by Crippen LogP contribution is 2.51. The van der Waals surface area contributed by atoms with Crippen molar-refractivity contribution in [2.24, 2.45) is 11.1 Å². The van der Waals surface area contributed by atoms with Crippen molar-refractivity contribution in [3.05, 3.63) is 93.5 Å². The van der Waals surface area contributed by atoms with E-state index in [2.05, 4.69) is 30.1 Å². The van der Waals surface area contributed by atoms with Crippen LogP contribution in [0.25, 0.3) is 11.1 Å². The van der Waals surface area contributed by atoms with E-state index in [0.29, 0.717) is 40.6 Å². The summed E-state index contributed by atoms with van der Waals surface area (Å²) in [5, 5.41) is 18.6. The van der Waals surface area contributed by atoms with E-state index < -0.39 is 5.92 Å². The van der Waals surface area contributed by atoms with Crippen molar-refractivity contribution in [3.63, 3.8) is 0 Å². The minimum atomic E-state index is -0.505. The number of nitriles is 1. The minimum absolute atomic E-state index is 0.0376. The van der Waals surface area contributed by atoms with Gasteiger partial charge in [0.05, 0.1) is 17.6 Å². The van der Waals surface area contributed by atoms with Gasteiger partial charge in [0, 0.05) is 34.0 Å². The number of halogens is 1. The molecule has 1 unspecified atom stereocenters. The average molecular weight is 484 g/mol. The number of aryl methyl sites for hydroxylation is 1. The van der Waals surface area contributed by atoms with Gasteiger partial charge in [0.15, 0.2) is 11.6 Å². The first-order valence-electron chi connectivity index (χ1n) is 11.5. The topological polar surface area (TPSA) is 98.8 Å². The number of Topliss-reactive ketones (excluding diaryl/α,β-unsaturated/α-hetero) is 1. The monoisotopic (exact) mass is 483 g/mol. The molecule has 2 heterocycles. The van der Waals surface area contributed by atoms with Crippen LogP contribution in [0.3, 0.4) is 0 Å². The van der Waals surface area contributed by atoms with Crippen molar-refractivity contribution >= 4 is 23.2 Å². The first-order chi connectivity index (χ1) is 16.7. The zero-order chi connectivity index (χ0) is 24.9. The summed E-state index contributed by atoms with van der Waals surface area (Å²) in [6.07, 6.45) is 1.04. The summed E-state index contributed by atoms with van der Waals surface area (Å²) in [6, 6.07) is 19.5. The number of allylic oxidation sites excluding steroid dienone is 3. The summed E-state index contributed by atoms with van der Waals surface area (Å²) >= 11 is 6.13. The number of aromatic amines is 1. The quantitative estimate of drug-likeness (QED) is 0.477. The highest BCUT2D eigenvalue weighted by atomic mass is 35.5. The molecule has 0 saturated carbocycles. The number of hydrogen-bond acceptors (Lipinski definition) is 5. The molecule has 3 aromatic rings. The fourth-order valence-corrected chi connectivity index (χ4v) is 5.40. The number of anilines is 1. The summed E-state index contributed by atoms with van der Waals surface area (Å²) in [5.41, 5.74) is 11.8. The zero-order valence-electron chi connectivity index (χ0n) is 19.9. The summed E-state index contributed by atoms with van der Waals surface area (Å²) < 4.78 is 0. The number of hydrogen-bond donors (Lipinski definition) is 2. The summed E-state index contributed by atoms with van der Waals surface area (Å²) in [5.74, 6) is 0.401. The molecule has 35 heavy (non-hydrogen) atoms. The molecule has 0 radical (unpaired) electrons. The van der Waals surface area contributed by atoms with Crippen LogP contribution >= 0.6 is 11.6 Å². The Hall–Kier alpha value is -3.82. The van der Waals surface area contributed by atoms with Gasteiger partial charge < -0.3 is 5.73 Å². The molecule has 0 saturated heterocycles. The second kappa shape index (κ2) is 8.44. The number of nitrogens with zero attached hydrogens (tertiary/aromatic N) is 3. The predicted molar refractivity (Wildman–Crippen MR) is 137 cm³/mol. The molecule has 1 aromatic heterocycles. The molecule has 2 aromatic carbocycles. The molecule has 176 valence electrons. The first kappa shape index (κ1) is 22.9. The molecule has 1 aliphatic heterocycles. The van der Waals surface area contributed by atoms with E-state index in [9.17, 15) is 10.1 Å². The van der Waals surface area contributed by atoms with E-state index in [1.165, 1.54) is 0 Å². The van der Waals surface area contributed by atoms with E-state index in [-0.39, 0.29) is 11.2 Å². The molecule has 2 aliphatic rings. The van der Waals surface area contributed by atoms with Crippen LogP contribution in [-0.2, 0) is 4.79 Å². The highest BCUT2D eigenvalue weighted by Gasteiger charge is 2.45. The van der Waals surface area contributed by atoms with Crippen LogP contribution in [0.1, 0.15) is 43.9 Å². The maximum absolute atomic E-state index is 13.7. The molecule has 6 nitrogen and oxygen atoms in total. The lowest BCUT2D eigenvalue weighted by Crippen LogP contribution is -2.42. The van der Waals surface area contributed by atoms with Gasteiger partial charge >= 0.3 is 0 Å². The summed E-state index contributed by atoms with van der Waals surface area (Å²) in [7, 11) is 0. The van der Waals surface area contributed by atoms with Crippen molar-refractivity contribution in [2.45, 2.75) is 39.5 Å². The predicted octanol–water partition coefficient (Wildman–Crippen LogP) is 5.98. The van der Waals surface area contributed by atoms with Crippen molar-refractivity contribution in [3.8, 4) is 17.2 Å². The number of aromatic nitrogens is 2. The normalized spacial score (nSPS) is 19.6. The second-order valence-electron chi connectivity index (χ2n) is 9.95. The molecular formula is C28H26ClN5O. The van der Waals surface area contributed by atoms with Gasteiger partial charge in [-0.2, -0.15) is 10.4 Å². The van der Waals surface area contributed by atoms with E-state index in [4.69, 9.17) is 17.3 Å². The van der Waals surface area contributed by atoms with Gasteiger partial charge in [-0.25, -0.2) is 0 Å². The van der Waals surface area contributed by atoms with Gasteiger partial charge in [-0.15, -0.1) is 0 Å². The molecule has 0 spiro atoms. The lowest BCUT2D eigenvalue weighted by Gasteiger charge is -2.43. The van der Waals surface area contributed by atoms with Gasteiger partial charge in [-0.05, 0) is 42.0 Å². The number of carbonyl (C=O) groups excluding carboxylic acids is 1. The van der Waals surface area contributed by atoms with Crippen molar-refractivity contribution in [1.82, 2.24) is 10.2 Å². The van der Waals surface area contributed by atoms with E-state index in [0.717, 1.165) is 28.1 Å². The number of nitrogens with two attached hydrogens (primary N) is 1. The Bertz CT molecular complexity index is 1420. The van der Waals surface area contributed by atoms with Crippen LogP contribution in [0.2, 0.25) is 5.02 Å². The number of nitrogens with one attached hydrogen (secondary N) is 1. The number of ketones is 1. The van der Waals surface area contributed by atoms with Gasteiger partial charge in [0.2, 0.25) is 0 Å². The maximum atomic E-state index is 13.7. The molecule has 3 N–H and O–H groups in total. The van der Waals surface area contributed by atoms with Crippen LogP contribution in [0.15, 0.2) is 77.3 Å². The number of benzene rings is 2. The fourth-order valence-electron chi connectivity index (χ4n) is 5.27. The van der Waals surface area contributed by atoms with Crippen LogP contribution in [-0.4, -0.2) is 16.0 Å². The lowest BCUT2D eigenvalue weighted by molar-refractivity contribution is -0.118. The first-order valence-corrected chi connectivity index (χ1v) is 11.9. The Labute approximate surface area is 209 Å². The minimum Gasteiger partial charge on any atom is -0.384 e. The van der Waals surface area contributed by atoms with Crippen molar-refractivity contribution < 1.29 is 4.79 Å². The van der Waals surface area contributed by atoms with Crippen molar-refractivity contribution in [1.29, 1.82) is 5.26 Å². The van der Waals surface area contributed by atoms with Crippen LogP contribution in [0.5, 0.6) is 0 Å². The number of carbonyl (C=O) groups is 1. The smallest absolute Gasteiger partial charge is 0.168 e. The van der Waals surface area contributed by atoms with E-state index in [1.807, 2.05) is 66.4 Å². The van der Waals surface area contributed by atoms with E-state index >= 15 is 0 Å². The molecular weight excluding hydrogens is 458 g/mol. The summed E-state index contributed by atoms with van der Waals surface area (Å²) in [6.45, 7) is 6.10. The average Bonchev–Trinajstić information content (AvgIpc) is 3.19. The van der Waals surface area contributed by atoms with Crippen LogP contribution < -0.4 is 10.6 Å². The van der Waals surface area contributed by atoms with Gasteiger partial charge in [0.25, 0.3) is 0 Å². The second-order valence-corrected chi connectivity index (χ2v) is 10.4. The third-order valence-corrected chi connectivity index (χ3v) is 7.04. The molecule has 0 bridgehead atoms. The number of rotatable bonds is 3. The van der Waals surface area contributed by atoms with Gasteiger partial charge in [-0.1, -0.05) is 67.9 Å². The Morgan fingerprint density at radius 3 is 2.49 bits per heavy atom. The SMILES string of the molecule is Cc1[nH]nc(N2C(N)=C(C#N)C(c3ccccc3)C3=C2CC(C)(C)CC3=O)c1-c1ccc(Cl)cc1. The maximum Gasteiger partial charge on any atom is 0.168 e. The number of H-pyrrole nitrogens is 1. The Balaban J connectivity index is 1.79. The van der Waals surface area contributed by atoms with Crippen LogP contribution in [0, 0.1) is 23.7 Å². The largest absolute Gasteiger partial charge is 0.384 e. The fraction of sp³-hybridized carbons (Fsp3) is 0.250. The lowest BCUT2D eigenvalue weighted by atomic mass is 9.68. The Morgan fingerprint density at radius 1 is 1.14 bits per heavy atom. The Morgan fingerprint density at radius 2 is 1.83 bits per heavy atom. The standard InChI is InChI=1S/C28H26ClN5O/c1-16-23(18-9-11-19(29)12-10-18)27(33-32-16)34-21-13-28(2,3)14-22(35)25(21)24(20(15-30)26(34)31)17-7-5-4-6-8-17/h4-12,24H,13-14,31H2,1-3H3,(H,32,33).